The maximum Gasteiger partial charge on any atom is 0.417 e. The number of hydrogen-bond donors (Lipinski definition) is 5. The number of aliphatic hydroxyl groups is 2. The van der Waals surface area contributed by atoms with Gasteiger partial charge < -0.3 is 31.1 Å². The smallest absolute Gasteiger partial charge is 0.396 e. The van der Waals surface area contributed by atoms with Crippen LogP contribution in [0.25, 0.3) is 22.3 Å². The van der Waals surface area contributed by atoms with Crippen molar-refractivity contribution in [3.8, 4) is 11.3 Å². The Labute approximate surface area is 198 Å². The second-order valence-electron chi connectivity index (χ2n) is 8.61. The van der Waals surface area contributed by atoms with Crippen LogP contribution in [-0.4, -0.2) is 72.8 Å². The Morgan fingerprint density at radius 2 is 2.03 bits per heavy atom. The van der Waals surface area contributed by atoms with Crippen molar-refractivity contribution >= 4 is 28.6 Å². The van der Waals surface area contributed by atoms with Crippen LogP contribution >= 0.6 is 0 Å². The number of piperidine rings is 1. The first kappa shape index (κ1) is 24.7. The molecule has 3 aromatic heterocycles. The summed E-state index contributed by atoms with van der Waals surface area (Å²) in [5, 5.41) is 22.0. The molecule has 4 rings (SSSR count). The first-order valence-electron chi connectivity index (χ1n) is 11.1. The summed E-state index contributed by atoms with van der Waals surface area (Å²) in [6.07, 6.45) is -0.917. The first-order chi connectivity index (χ1) is 16.6. The molecule has 0 aromatic carbocycles. The monoisotopic (exact) mass is 493 g/mol. The number of nitrogens with zero attached hydrogens (tertiary/aromatic N) is 4. The van der Waals surface area contributed by atoms with Crippen LogP contribution in [0.15, 0.2) is 24.7 Å². The average molecular weight is 493 g/mol. The van der Waals surface area contributed by atoms with Crippen LogP contribution in [-0.2, 0) is 11.0 Å². The SMILES string of the molecule is C[C@@H](Nc1ncc(N)c(-c2c[nH]c3ncc(C(F)(F)F)cc23)n1)C1CCN(C(=O)C(O)CO)CC1. The predicted octanol–water partition coefficient (Wildman–Crippen LogP) is 2.01. The van der Waals surface area contributed by atoms with E-state index < -0.39 is 30.4 Å². The number of anilines is 2. The summed E-state index contributed by atoms with van der Waals surface area (Å²) in [4.78, 5) is 29.0. The predicted molar refractivity (Wildman–Crippen MR) is 122 cm³/mol. The minimum Gasteiger partial charge on any atom is -0.396 e. The lowest BCUT2D eigenvalue weighted by molar-refractivity contribution is -0.143. The number of hydrogen-bond acceptors (Lipinski definition) is 8. The minimum atomic E-state index is -4.54. The molecule has 0 spiro atoms. The van der Waals surface area contributed by atoms with Crippen LogP contribution in [0.3, 0.4) is 0 Å². The number of nitrogen functional groups attached to an aromatic ring is 1. The Balaban J connectivity index is 1.50. The molecule has 0 aliphatic carbocycles. The molecule has 0 bridgehead atoms. The summed E-state index contributed by atoms with van der Waals surface area (Å²) < 4.78 is 39.6. The number of H-pyrrole nitrogens is 1. The fraction of sp³-hybridized carbons (Fsp3) is 0.455. The first-order valence-corrected chi connectivity index (χ1v) is 11.1. The molecule has 1 fully saturated rings. The molecule has 1 aliphatic rings. The number of aromatic nitrogens is 4. The van der Waals surface area contributed by atoms with Gasteiger partial charge in [-0.1, -0.05) is 0 Å². The Kier molecular flexibility index (Phi) is 6.81. The van der Waals surface area contributed by atoms with Crippen molar-refractivity contribution in [1.82, 2.24) is 24.8 Å². The summed E-state index contributed by atoms with van der Waals surface area (Å²) in [6, 6.07) is 0.932. The van der Waals surface area contributed by atoms with Gasteiger partial charge in [-0.3, -0.25) is 4.79 Å². The summed E-state index contributed by atoms with van der Waals surface area (Å²) in [6.45, 7) is 2.24. The minimum absolute atomic E-state index is 0.0760. The van der Waals surface area contributed by atoms with Crippen molar-refractivity contribution in [2.24, 2.45) is 5.92 Å². The van der Waals surface area contributed by atoms with E-state index in [1.165, 1.54) is 17.3 Å². The van der Waals surface area contributed by atoms with Gasteiger partial charge in [-0.25, -0.2) is 15.0 Å². The lowest BCUT2D eigenvalue weighted by atomic mass is 9.90. The molecule has 1 saturated heterocycles. The van der Waals surface area contributed by atoms with Gasteiger partial charge in [-0.05, 0) is 31.7 Å². The van der Waals surface area contributed by atoms with Crippen molar-refractivity contribution in [3.63, 3.8) is 0 Å². The zero-order valence-corrected chi connectivity index (χ0v) is 18.9. The van der Waals surface area contributed by atoms with Gasteiger partial charge in [0, 0.05) is 42.5 Å². The topological polar surface area (TPSA) is 153 Å². The lowest BCUT2D eigenvalue weighted by Crippen LogP contribution is -2.47. The highest BCUT2D eigenvalue weighted by Gasteiger charge is 2.32. The summed E-state index contributed by atoms with van der Waals surface area (Å²) in [5.74, 6) is -0.0354. The van der Waals surface area contributed by atoms with Crippen LogP contribution in [0.4, 0.5) is 24.8 Å². The largest absolute Gasteiger partial charge is 0.417 e. The van der Waals surface area contributed by atoms with Crippen molar-refractivity contribution in [2.75, 3.05) is 30.7 Å². The number of amides is 1. The molecule has 1 amide bonds. The molecule has 35 heavy (non-hydrogen) atoms. The van der Waals surface area contributed by atoms with E-state index in [9.17, 15) is 23.1 Å². The Hall–Kier alpha value is -3.45. The molecule has 13 heteroatoms. The molecular weight excluding hydrogens is 467 g/mol. The number of likely N-dealkylation sites (tertiary alicyclic amines) is 1. The molecular formula is C22H26F3N7O3. The molecule has 6 N–H and O–H groups in total. The van der Waals surface area contributed by atoms with Crippen LogP contribution in [0.1, 0.15) is 25.3 Å². The number of rotatable bonds is 6. The average Bonchev–Trinajstić information content (AvgIpc) is 3.27. The fourth-order valence-electron chi connectivity index (χ4n) is 4.26. The van der Waals surface area contributed by atoms with E-state index in [-0.39, 0.29) is 40.3 Å². The van der Waals surface area contributed by atoms with E-state index in [2.05, 4.69) is 25.3 Å². The van der Waals surface area contributed by atoms with Gasteiger partial charge in [0.15, 0.2) is 6.10 Å². The Morgan fingerprint density at radius 3 is 2.69 bits per heavy atom. The molecule has 1 unspecified atom stereocenters. The fourth-order valence-corrected chi connectivity index (χ4v) is 4.26. The number of carbonyl (C=O) groups excluding carboxylic acids is 1. The molecule has 0 radical (unpaired) electrons. The number of carbonyl (C=O) groups is 1. The van der Waals surface area contributed by atoms with E-state index in [1.807, 2.05) is 6.92 Å². The van der Waals surface area contributed by atoms with E-state index in [0.717, 1.165) is 12.3 Å². The Morgan fingerprint density at radius 1 is 1.31 bits per heavy atom. The number of alkyl halides is 3. The second-order valence-corrected chi connectivity index (χ2v) is 8.61. The van der Waals surface area contributed by atoms with Gasteiger partial charge in [-0.15, -0.1) is 0 Å². The van der Waals surface area contributed by atoms with Gasteiger partial charge >= 0.3 is 6.18 Å². The molecule has 3 aromatic rings. The summed E-state index contributed by atoms with van der Waals surface area (Å²) in [5.41, 5.74) is 6.33. The van der Waals surface area contributed by atoms with Gasteiger partial charge in [0.2, 0.25) is 5.95 Å². The third-order valence-electron chi connectivity index (χ3n) is 6.30. The summed E-state index contributed by atoms with van der Waals surface area (Å²) >= 11 is 0. The van der Waals surface area contributed by atoms with Crippen LogP contribution in [0.2, 0.25) is 0 Å². The third kappa shape index (κ3) is 5.15. The van der Waals surface area contributed by atoms with Crippen molar-refractivity contribution in [1.29, 1.82) is 0 Å². The summed E-state index contributed by atoms with van der Waals surface area (Å²) in [7, 11) is 0. The maximum absolute atomic E-state index is 13.2. The molecule has 4 heterocycles. The standard InChI is InChI=1S/C22H26F3N7O3/c1-11(12-2-4-32(5-3-12)20(35)17(34)10-33)30-21-29-9-16(26)18(31-21)15-8-28-19-14(15)6-13(7-27-19)22(23,24)25/h6-9,11-12,17,33-34H,2-5,10,26H2,1H3,(H,27,28)(H,29,30,31)/t11-,17?/m1/s1. The number of pyridine rings is 1. The van der Waals surface area contributed by atoms with Crippen LogP contribution in [0, 0.1) is 5.92 Å². The number of halogens is 3. The number of nitrogens with one attached hydrogen (secondary N) is 2. The molecule has 0 saturated carbocycles. The molecule has 188 valence electrons. The van der Waals surface area contributed by atoms with E-state index >= 15 is 0 Å². The van der Waals surface area contributed by atoms with E-state index in [0.29, 0.717) is 31.5 Å². The lowest BCUT2D eigenvalue weighted by Gasteiger charge is -2.35. The highest BCUT2D eigenvalue weighted by atomic mass is 19.4. The third-order valence-corrected chi connectivity index (χ3v) is 6.30. The van der Waals surface area contributed by atoms with Gasteiger partial charge in [0.05, 0.1) is 24.1 Å². The quantitative estimate of drug-likeness (QED) is 0.350. The van der Waals surface area contributed by atoms with Gasteiger partial charge in [-0.2, -0.15) is 13.2 Å². The van der Waals surface area contributed by atoms with Crippen molar-refractivity contribution < 1.29 is 28.2 Å². The number of nitrogens with two attached hydrogens (primary N) is 1. The van der Waals surface area contributed by atoms with Crippen LogP contribution < -0.4 is 11.1 Å². The molecule has 1 aliphatic heterocycles. The van der Waals surface area contributed by atoms with Crippen molar-refractivity contribution in [3.05, 3.63) is 30.2 Å². The highest BCUT2D eigenvalue weighted by Crippen LogP contribution is 2.35. The number of fused-ring (bicyclic) bond motifs is 1. The Bertz CT molecular complexity index is 1210. The zero-order valence-electron chi connectivity index (χ0n) is 18.9. The van der Waals surface area contributed by atoms with Gasteiger partial charge in [0.1, 0.15) is 11.3 Å². The second kappa shape index (κ2) is 9.66. The van der Waals surface area contributed by atoms with E-state index in [4.69, 9.17) is 10.8 Å². The zero-order chi connectivity index (χ0) is 25.3. The van der Waals surface area contributed by atoms with E-state index in [1.54, 1.807) is 0 Å². The molecule has 2 atom stereocenters. The number of aliphatic hydroxyl groups excluding tert-OH is 2. The van der Waals surface area contributed by atoms with Crippen LogP contribution in [0.5, 0.6) is 0 Å². The maximum atomic E-state index is 13.2. The van der Waals surface area contributed by atoms with Gasteiger partial charge in [0.25, 0.3) is 5.91 Å². The molecule has 10 nitrogen and oxygen atoms in total. The highest BCUT2D eigenvalue weighted by molar-refractivity contribution is 5.95. The number of aromatic amines is 1. The van der Waals surface area contributed by atoms with Crippen molar-refractivity contribution in [2.45, 2.75) is 38.1 Å². The normalized spacial score (nSPS) is 16.9.